The van der Waals surface area contributed by atoms with Gasteiger partial charge in [-0.25, -0.2) is 9.78 Å². The van der Waals surface area contributed by atoms with Crippen molar-refractivity contribution in [2.75, 3.05) is 12.4 Å². The molecular formula is C13H18N2O4S. The van der Waals surface area contributed by atoms with Crippen molar-refractivity contribution in [2.45, 2.75) is 44.8 Å². The minimum absolute atomic E-state index is 0.0406. The second-order valence-corrected chi connectivity index (χ2v) is 5.58. The number of carbonyl (C=O) groups is 2. The van der Waals surface area contributed by atoms with Gasteiger partial charge in [-0.05, 0) is 19.3 Å². The predicted molar refractivity (Wildman–Crippen MR) is 74.9 cm³/mol. The Hall–Kier alpha value is -1.47. The lowest BCUT2D eigenvalue weighted by atomic mass is 9.94. The van der Waals surface area contributed by atoms with E-state index in [1.807, 2.05) is 0 Å². The van der Waals surface area contributed by atoms with E-state index in [-0.39, 0.29) is 23.8 Å². The van der Waals surface area contributed by atoms with E-state index in [0.717, 1.165) is 25.7 Å². The molecule has 0 saturated heterocycles. The quantitative estimate of drug-likeness (QED) is 0.862. The van der Waals surface area contributed by atoms with Crippen LogP contribution < -0.4 is 5.32 Å². The van der Waals surface area contributed by atoms with Crippen LogP contribution >= 0.6 is 11.3 Å². The number of nitrogens with one attached hydrogen (secondary N) is 1. The maximum Gasteiger partial charge on any atom is 0.358 e. The van der Waals surface area contributed by atoms with Crippen molar-refractivity contribution >= 4 is 28.3 Å². The number of rotatable bonds is 4. The Bertz CT molecular complexity index is 488. The van der Waals surface area contributed by atoms with Crippen LogP contribution in [0.25, 0.3) is 0 Å². The first-order valence-corrected chi connectivity index (χ1v) is 7.45. The highest BCUT2D eigenvalue weighted by atomic mass is 32.1. The smallest absolute Gasteiger partial charge is 0.358 e. The van der Waals surface area contributed by atoms with E-state index < -0.39 is 5.97 Å². The number of hydrogen-bond donors (Lipinski definition) is 1. The highest BCUT2D eigenvalue weighted by molar-refractivity contribution is 7.14. The number of thiazole rings is 1. The van der Waals surface area contributed by atoms with Gasteiger partial charge in [-0.2, -0.15) is 0 Å². The zero-order valence-electron chi connectivity index (χ0n) is 11.5. The molecule has 1 aliphatic carbocycles. The van der Waals surface area contributed by atoms with E-state index in [1.54, 1.807) is 12.5 Å². The molecule has 7 heteroatoms. The molecule has 1 saturated carbocycles. The summed E-state index contributed by atoms with van der Waals surface area (Å²) >= 11 is 1.20. The van der Waals surface area contributed by atoms with Crippen LogP contribution in [0.4, 0.5) is 5.13 Å². The lowest BCUT2D eigenvalue weighted by Gasteiger charge is -2.29. The van der Waals surface area contributed by atoms with Crippen molar-refractivity contribution in [3.8, 4) is 0 Å². The van der Waals surface area contributed by atoms with Gasteiger partial charge in [-0.15, -0.1) is 11.3 Å². The summed E-state index contributed by atoms with van der Waals surface area (Å²) in [5.41, 5.74) is 0.221. The summed E-state index contributed by atoms with van der Waals surface area (Å²) in [4.78, 5) is 27.0. The lowest BCUT2D eigenvalue weighted by Crippen LogP contribution is -2.35. The maximum absolute atomic E-state index is 12.0. The lowest BCUT2D eigenvalue weighted by molar-refractivity contribution is -0.114. The second-order valence-electron chi connectivity index (χ2n) is 4.72. The van der Waals surface area contributed by atoms with Gasteiger partial charge in [0.15, 0.2) is 10.8 Å². The summed E-state index contributed by atoms with van der Waals surface area (Å²) in [7, 11) is 1.63. The number of ether oxygens (including phenoxy) is 2. The first kappa shape index (κ1) is 14.9. The molecule has 1 aromatic rings. The van der Waals surface area contributed by atoms with Gasteiger partial charge in [-0.1, -0.05) is 6.42 Å². The highest BCUT2D eigenvalue weighted by Gasteiger charge is 2.29. The van der Waals surface area contributed by atoms with Crippen LogP contribution in [0.1, 0.15) is 43.1 Å². The van der Waals surface area contributed by atoms with Crippen LogP contribution in [0, 0.1) is 0 Å². The molecule has 6 nitrogen and oxygen atoms in total. The Labute approximate surface area is 121 Å². The average Bonchev–Trinajstić information content (AvgIpc) is 2.87. The number of methoxy groups -OCH3 is 1. The molecule has 2 rings (SSSR count). The first-order chi connectivity index (χ1) is 9.60. The topological polar surface area (TPSA) is 77.5 Å². The van der Waals surface area contributed by atoms with Crippen LogP contribution in [0.2, 0.25) is 0 Å². The van der Waals surface area contributed by atoms with Gasteiger partial charge in [0.05, 0.1) is 6.10 Å². The van der Waals surface area contributed by atoms with E-state index in [1.165, 1.54) is 18.3 Å². The van der Waals surface area contributed by atoms with Gasteiger partial charge < -0.3 is 14.8 Å². The van der Waals surface area contributed by atoms with Gasteiger partial charge in [0, 0.05) is 19.4 Å². The van der Waals surface area contributed by atoms with Gasteiger partial charge in [-0.3, -0.25) is 4.79 Å². The van der Waals surface area contributed by atoms with Crippen LogP contribution in [0.3, 0.4) is 0 Å². The second kappa shape index (κ2) is 6.81. The van der Waals surface area contributed by atoms with Crippen molar-refractivity contribution < 1.29 is 19.1 Å². The van der Waals surface area contributed by atoms with Crippen molar-refractivity contribution in [3.63, 3.8) is 0 Å². The first-order valence-electron chi connectivity index (χ1n) is 6.57. The molecule has 0 bridgehead atoms. The Morgan fingerprint density at radius 1 is 1.35 bits per heavy atom. The van der Waals surface area contributed by atoms with Gasteiger partial charge >= 0.3 is 5.97 Å². The predicted octanol–water partition coefficient (Wildman–Crippen LogP) is 2.22. The van der Waals surface area contributed by atoms with Gasteiger partial charge in [0.2, 0.25) is 5.91 Å². The zero-order chi connectivity index (χ0) is 14.5. The number of hydrogen-bond acceptors (Lipinski definition) is 6. The van der Waals surface area contributed by atoms with Gasteiger partial charge in [0.1, 0.15) is 6.10 Å². The molecule has 0 unspecified atom stereocenters. The Balaban J connectivity index is 1.96. The summed E-state index contributed by atoms with van der Waals surface area (Å²) in [6.45, 7) is 1.39. The van der Waals surface area contributed by atoms with E-state index in [4.69, 9.17) is 9.47 Å². The zero-order valence-corrected chi connectivity index (χ0v) is 12.4. The standard InChI is InChI=1S/C13H18N2O4S/c1-8(16)14-13-15-9(7-20-13)12(17)19-11-6-4-3-5-10(11)18-2/h7,10-11H,3-6H2,1-2H3,(H,14,15,16)/t10-,11+/m0/s1. The summed E-state index contributed by atoms with van der Waals surface area (Å²) in [6.07, 6.45) is 3.59. The Morgan fingerprint density at radius 3 is 2.70 bits per heavy atom. The van der Waals surface area contributed by atoms with Crippen LogP contribution in [0.5, 0.6) is 0 Å². The Morgan fingerprint density at radius 2 is 2.05 bits per heavy atom. The molecule has 1 fully saturated rings. The molecule has 20 heavy (non-hydrogen) atoms. The summed E-state index contributed by atoms with van der Waals surface area (Å²) in [6, 6.07) is 0. The molecule has 2 atom stereocenters. The fourth-order valence-electron chi connectivity index (χ4n) is 2.24. The molecule has 1 N–H and O–H groups in total. The van der Waals surface area contributed by atoms with E-state index in [0.29, 0.717) is 5.13 Å². The van der Waals surface area contributed by atoms with Crippen molar-refractivity contribution in [1.29, 1.82) is 0 Å². The molecule has 0 radical (unpaired) electrons. The maximum atomic E-state index is 12.0. The SMILES string of the molecule is CO[C@H]1CCCC[C@H]1OC(=O)c1csc(NC(C)=O)n1. The van der Waals surface area contributed by atoms with Crippen molar-refractivity contribution in [2.24, 2.45) is 0 Å². The molecule has 1 aliphatic rings. The van der Waals surface area contributed by atoms with Crippen molar-refractivity contribution in [1.82, 2.24) is 4.98 Å². The summed E-state index contributed by atoms with van der Waals surface area (Å²) in [5, 5.41) is 4.52. The van der Waals surface area contributed by atoms with Crippen LogP contribution in [0.15, 0.2) is 5.38 Å². The molecule has 1 aromatic heterocycles. The van der Waals surface area contributed by atoms with Crippen LogP contribution in [-0.2, 0) is 14.3 Å². The molecule has 0 spiro atoms. The fourth-order valence-corrected chi connectivity index (χ4v) is 2.97. The molecule has 0 aliphatic heterocycles. The largest absolute Gasteiger partial charge is 0.455 e. The highest BCUT2D eigenvalue weighted by Crippen LogP contribution is 2.25. The average molecular weight is 298 g/mol. The fraction of sp³-hybridized carbons (Fsp3) is 0.615. The monoisotopic (exact) mass is 298 g/mol. The third-order valence-corrected chi connectivity index (χ3v) is 3.96. The number of nitrogens with zero attached hydrogens (tertiary/aromatic N) is 1. The Kier molecular flexibility index (Phi) is 5.08. The minimum Gasteiger partial charge on any atom is -0.455 e. The minimum atomic E-state index is -0.466. The van der Waals surface area contributed by atoms with E-state index in [9.17, 15) is 9.59 Å². The summed E-state index contributed by atoms with van der Waals surface area (Å²) in [5.74, 6) is -0.683. The molecule has 1 amide bonds. The number of esters is 1. The van der Waals surface area contributed by atoms with E-state index >= 15 is 0 Å². The number of amides is 1. The number of carbonyl (C=O) groups excluding carboxylic acids is 2. The van der Waals surface area contributed by atoms with Gasteiger partial charge in [0.25, 0.3) is 0 Å². The normalized spacial score (nSPS) is 22.3. The number of aromatic nitrogens is 1. The summed E-state index contributed by atoms with van der Waals surface area (Å²) < 4.78 is 10.8. The molecule has 0 aromatic carbocycles. The third kappa shape index (κ3) is 3.77. The number of anilines is 1. The third-order valence-electron chi connectivity index (χ3n) is 3.20. The van der Waals surface area contributed by atoms with Crippen molar-refractivity contribution in [3.05, 3.63) is 11.1 Å². The van der Waals surface area contributed by atoms with E-state index in [2.05, 4.69) is 10.3 Å². The molecule has 110 valence electrons. The molecule has 1 heterocycles. The van der Waals surface area contributed by atoms with Crippen LogP contribution in [-0.4, -0.2) is 36.2 Å². The molecular weight excluding hydrogens is 280 g/mol.